The molecule has 170 valence electrons. The highest BCUT2D eigenvalue weighted by atomic mass is 16.5. The molecule has 0 atom stereocenters. The summed E-state index contributed by atoms with van der Waals surface area (Å²) in [4.78, 5) is 25.9. The minimum absolute atomic E-state index is 0.0250. The summed E-state index contributed by atoms with van der Waals surface area (Å²) >= 11 is 0. The van der Waals surface area contributed by atoms with Gasteiger partial charge in [-0.15, -0.1) is 0 Å². The summed E-state index contributed by atoms with van der Waals surface area (Å²) in [5.41, 5.74) is 1.13. The van der Waals surface area contributed by atoms with Crippen LogP contribution in [0.2, 0.25) is 0 Å². The van der Waals surface area contributed by atoms with Crippen molar-refractivity contribution in [2.75, 3.05) is 11.9 Å². The number of hydrogen-bond acceptors (Lipinski definition) is 5. The van der Waals surface area contributed by atoms with E-state index in [-0.39, 0.29) is 30.1 Å². The van der Waals surface area contributed by atoms with Crippen LogP contribution in [-0.2, 0) is 9.53 Å². The Morgan fingerprint density at radius 2 is 1.75 bits per heavy atom. The lowest BCUT2D eigenvalue weighted by Gasteiger charge is -2.18. The van der Waals surface area contributed by atoms with E-state index in [0.717, 1.165) is 0 Å². The Kier molecular flexibility index (Phi) is 6.48. The van der Waals surface area contributed by atoms with Gasteiger partial charge in [0.1, 0.15) is 11.5 Å². The molecule has 0 radical (unpaired) electrons. The fraction of sp³-hybridized carbons (Fsp3) is 0.360. The number of nitrogens with one attached hydrogen (secondary N) is 1. The maximum atomic E-state index is 13.1. The summed E-state index contributed by atoms with van der Waals surface area (Å²) < 4.78 is 12.8. The number of phenols is 1. The lowest BCUT2D eigenvalue weighted by molar-refractivity contribution is -0.123. The van der Waals surface area contributed by atoms with Gasteiger partial charge in [0.2, 0.25) is 5.91 Å². The molecule has 32 heavy (non-hydrogen) atoms. The number of phenolic OH excluding ortho intramolecular Hbond substituents is 1. The van der Waals surface area contributed by atoms with Gasteiger partial charge in [-0.25, -0.2) is 4.79 Å². The topological polar surface area (TPSA) is 89.8 Å². The van der Waals surface area contributed by atoms with Crippen LogP contribution in [-0.4, -0.2) is 34.3 Å². The van der Waals surface area contributed by atoms with E-state index in [1.165, 1.54) is 6.07 Å². The quantitative estimate of drug-likeness (QED) is 0.511. The number of ether oxygens (including phenoxy) is 2. The van der Waals surface area contributed by atoms with Gasteiger partial charge < -0.3 is 24.5 Å². The largest absolute Gasteiger partial charge is 0.508 e. The normalized spacial score (nSPS) is 11.6. The van der Waals surface area contributed by atoms with E-state index < -0.39 is 11.4 Å². The standard InChI is InChI=1S/C25H30N2O5/c1-7-31-23(29)22-21(26-24(30)25(4,5)6)19-14-17(28)10-13-20(19)27(22)16-8-11-18(12-9-16)32-15(2)3/h8-15,28H,7H2,1-6H3,(H,26,30). The van der Waals surface area contributed by atoms with Gasteiger partial charge in [0.05, 0.1) is 23.9 Å². The molecule has 0 unspecified atom stereocenters. The first kappa shape index (κ1) is 23.2. The third-order valence-corrected chi connectivity index (χ3v) is 4.81. The number of amides is 1. The van der Waals surface area contributed by atoms with Crippen molar-refractivity contribution in [1.82, 2.24) is 4.57 Å². The summed E-state index contributed by atoms with van der Waals surface area (Å²) in [5.74, 6) is -0.102. The lowest BCUT2D eigenvalue weighted by atomic mass is 9.95. The van der Waals surface area contributed by atoms with E-state index in [2.05, 4.69) is 5.32 Å². The van der Waals surface area contributed by atoms with E-state index in [4.69, 9.17) is 9.47 Å². The summed E-state index contributed by atoms with van der Waals surface area (Å²) in [6, 6.07) is 12.1. The molecular formula is C25H30N2O5. The molecule has 2 aromatic carbocycles. The van der Waals surface area contributed by atoms with Gasteiger partial charge in [-0.3, -0.25) is 4.79 Å². The summed E-state index contributed by atoms with van der Waals surface area (Å²) in [7, 11) is 0. The number of hydrogen-bond donors (Lipinski definition) is 2. The van der Waals surface area contributed by atoms with Gasteiger partial charge in [0.25, 0.3) is 0 Å². The van der Waals surface area contributed by atoms with Crippen LogP contribution in [0, 0.1) is 5.41 Å². The van der Waals surface area contributed by atoms with E-state index in [9.17, 15) is 14.7 Å². The molecule has 0 bridgehead atoms. The molecule has 1 aromatic heterocycles. The molecule has 7 nitrogen and oxygen atoms in total. The van der Waals surface area contributed by atoms with Crippen molar-refractivity contribution >= 4 is 28.5 Å². The number of esters is 1. The second kappa shape index (κ2) is 8.94. The predicted octanol–water partition coefficient (Wildman–Crippen LogP) is 5.28. The van der Waals surface area contributed by atoms with Crippen molar-refractivity contribution in [3.8, 4) is 17.2 Å². The number of carbonyl (C=O) groups is 2. The van der Waals surface area contributed by atoms with Gasteiger partial charge in [0, 0.05) is 16.5 Å². The number of nitrogens with zero attached hydrogens (tertiary/aromatic N) is 1. The van der Waals surface area contributed by atoms with Crippen LogP contribution in [0.25, 0.3) is 16.6 Å². The van der Waals surface area contributed by atoms with E-state index >= 15 is 0 Å². The zero-order valence-electron chi connectivity index (χ0n) is 19.4. The van der Waals surface area contributed by atoms with Crippen molar-refractivity contribution in [3.05, 3.63) is 48.2 Å². The molecule has 0 aliphatic rings. The molecular weight excluding hydrogens is 408 g/mol. The number of aromatic nitrogens is 1. The lowest BCUT2D eigenvalue weighted by Crippen LogP contribution is -2.28. The third kappa shape index (κ3) is 4.72. The van der Waals surface area contributed by atoms with E-state index in [1.807, 2.05) is 38.1 Å². The third-order valence-electron chi connectivity index (χ3n) is 4.81. The van der Waals surface area contributed by atoms with Gasteiger partial charge in [-0.05, 0) is 63.2 Å². The highest BCUT2D eigenvalue weighted by Crippen LogP contribution is 2.37. The van der Waals surface area contributed by atoms with Crippen LogP contribution >= 0.6 is 0 Å². The first-order valence-corrected chi connectivity index (χ1v) is 10.7. The molecule has 0 saturated carbocycles. The first-order chi connectivity index (χ1) is 15.0. The van der Waals surface area contributed by atoms with Crippen LogP contribution in [0.5, 0.6) is 11.5 Å². The molecule has 0 spiro atoms. The minimum Gasteiger partial charge on any atom is -0.508 e. The Morgan fingerprint density at radius 3 is 2.31 bits per heavy atom. The molecule has 3 aromatic rings. The van der Waals surface area contributed by atoms with Crippen molar-refractivity contribution in [1.29, 1.82) is 0 Å². The second-order valence-corrected chi connectivity index (χ2v) is 8.85. The molecule has 2 N–H and O–H groups in total. The van der Waals surface area contributed by atoms with Crippen molar-refractivity contribution in [2.24, 2.45) is 5.41 Å². The highest BCUT2D eigenvalue weighted by Gasteiger charge is 2.29. The van der Waals surface area contributed by atoms with Crippen LogP contribution in [0.15, 0.2) is 42.5 Å². The zero-order chi connectivity index (χ0) is 23.6. The molecule has 0 aliphatic carbocycles. The number of rotatable bonds is 6. The zero-order valence-corrected chi connectivity index (χ0v) is 19.4. The maximum absolute atomic E-state index is 13.1. The molecule has 1 heterocycles. The first-order valence-electron chi connectivity index (χ1n) is 10.7. The smallest absolute Gasteiger partial charge is 0.357 e. The van der Waals surface area contributed by atoms with Gasteiger partial charge in [-0.1, -0.05) is 20.8 Å². The average Bonchev–Trinajstić information content (AvgIpc) is 3.01. The molecule has 0 aliphatic heterocycles. The predicted molar refractivity (Wildman–Crippen MR) is 125 cm³/mol. The monoisotopic (exact) mass is 438 g/mol. The van der Waals surface area contributed by atoms with E-state index in [1.54, 1.807) is 44.4 Å². The van der Waals surface area contributed by atoms with Crippen molar-refractivity contribution in [2.45, 2.75) is 47.6 Å². The van der Waals surface area contributed by atoms with Gasteiger partial charge in [0.15, 0.2) is 5.69 Å². The Labute approximate surface area is 187 Å². The molecule has 0 saturated heterocycles. The minimum atomic E-state index is -0.687. The number of fused-ring (bicyclic) bond motifs is 1. The Hall–Kier alpha value is -3.48. The second-order valence-electron chi connectivity index (χ2n) is 8.85. The van der Waals surface area contributed by atoms with Gasteiger partial charge in [-0.2, -0.15) is 0 Å². The van der Waals surface area contributed by atoms with Crippen molar-refractivity contribution < 1.29 is 24.2 Å². The van der Waals surface area contributed by atoms with Gasteiger partial charge >= 0.3 is 5.97 Å². The number of benzene rings is 2. The Balaban J connectivity index is 2.28. The Bertz CT molecular complexity index is 1140. The summed E-state index contributed by atoms with van der Waals surface area (Å²) in [5, 5.41) is 13.6. The number of anilines is 1. The van der Waals surface area contributed by atoms with Crippen LogP contribution in [0.3, 0.4) is 0 Å². The Morgan fingerprint density at radius 1 is 1.09 bits per heavy atom. The summed E-state index contributed by atoms with van der Waals surface area (Å²) in [6.45, 7) is 11.2. The fourth-order valence-corrected chi connectivity index (χ4v) is 3.31. The number of aromatic hydroxyl groups is 1. The number of carbonyl (C=O) groups excluding carboxylic acids is 2. The fourth-order valence-electron chi connectivity index (χ4n) is 3.31. The molecule has 0 fully saturated rings. The van der Waals surface area contributed by atoms with Crippen LogP contribution < -0.4 is 10.1 Å². The van der Waals surface area contributed by atoms with Crippen molar-refractivity contribution in [3.63, 3.8) is 0 Å². The van der Waals surface area contributed by atoms with E-state index in [0.29, 0.717) is 28.0 Å². The average molecular weight is 439 g/mol. The highest BCUT2D eigenvalue weighted by molar-refractivity contribution is 6.13. The SMILES string of the molecule is CCOC(=O)c1c(NC(=O)C(C)(C)C)c2cc(O)ccc2n1-c1ccc(OC(C)C)cc1. The molecule has 3 rings (SSSR count). The maximum Gasteiger partial charge on any atom is 0.357 e. The van der Waals surface area contributed by atoms with Crippen LogP contribution in [0.1, 0.15) is 52.0 Å². The summed E-state index contributed by atoms with van der Waals surface area (Å²) in [6.07, 6.45) is 0.0329. The molecule has 7 heteroatoms. The molecule has 1 amide bonds. The van der Waals surface area contributed by atoms with Crippen LogP contribution in [0.4, 0.5) is 5.69 Å².